The zero-order valence-corrected chi connectivity index (χ0v) is 29.9. The highest BCUT2D eigenvalue weighted by atomic mass is 16.3. The minimum absolute atomic E-state index is 0.898. The standard InChI is InChI=1S/C52H34N2O/c1-2-20-38-35(16-1)17-14-32-46(38)53(37-19-13-18-36(34-37)39-26-15-27-45-44-25-7-12-33-51(44)55-52(39)45)47-28-8-3-21-40(47)41-22-4-9-29-48(41)54-49-30-10-5-23-42(49)43-24-6-11-31-50(43)54/h1-34H. The number of rotatable bonds is 6. The summed E-state index contributed by atoms with van der Waals surface area (Å²) in [7, 11) is 0. The number of furan rings is 1. The predicted octanol–water partition coefficient (Wildman–Crippen LogP) is 14.6. The van der Waals surface area contributed by atoms with Gasteiger partial charge in [0.05, 0.1) is 28.1 Å². The second-order valence-electron chi connectivity index (χ2n) is 14.1. The number of fused-ring (bicyclic) bond motifs is 7. The Hall–Kier alpha value is -7.36. The minimum atomic E-state index is 0.898. The van der Waals surface area contributed by atoms with Crippen LogP contribution in [0, 0.1) is 0 Å². The van der Waals surface area contributed by atoms with Crippen molar-refractivity contribution in [2.45, 2.75) is 0 Å². The lowest BCUT2D eigenvalue weighted by Gasteiger charge is -2.30. The van der Waals surface area contributed by atoms with E-state index in [0.29, 0.717) is 0 Å². The molecule has 0 unspecified atom stereocenters. The summed E-state index contributed by atoms with van der Waals surface area (Å²) in [6, 6.07) is 74.0. The van der Waals surface area contributed by atoms with Gasteiger partial charge in [-0.3, -0.25) is 0 Å². The average molecular weight is 703 g/mol. The van der Waals surface area contributed by atoms with Gasteiger partial charge in [-0.2, -0.15) is 0 Å². The second-order valence-corrected chi connectivity index (χ2v) is 14.1. The maximum atomic E-state index is 6.54. The number of benzene rings is 9. The van der Waals surface area contributed by atoms with Gasteiger partial charge in [-0.05, 0) is 59.5 Å². The summed E-state index contributed by atoms with van der Waals surface area (Å²) < 4.78 is 8.96. The van der Waals surface area contributed by atoms with Gasteiger partial charge in [0.1, 0.15) is 11.2 Å². The first-order valence-corrected chi connectivity index (χ1v) is 18.8. The molecule has 2 heterocycles. The molecule has 55 heavy (non-hydrogen) atoms. The van der Waals surface area contributed by atoms with Crippen LogP contribution in [0.4, 0.5) is 17.1 Å². The number of aromatic nitrogens is 1. The van der Waals surface area contributed by atoms with Crippen LogP contribution in [0.2, 0.25) is 0 Å². The quantitative estimate of drug-likeness (QED) is 0.172. The summed E-state index contributed by atoms with van der Waals surface area (Å²) in [5.74, 6) is 0. The van der Waals surface area contributed by atoms with Crippen molar-refractivity contribution in [3.05, 3.63) is 206 Å². The number of anilines is 3. The molecule has 0 aliphatic heterocycles. The third kappa shape index (κ3) is 4.98. The van der Waals surface area contributed by atoms with Crippen molar-refractivity contribution in [3.63, 3.8) is 0 Å². The van der Waals surface area contributed by atoms with E-state index < -0.39 is 0 Å². The van der Waals surface area contributed by atoms with Gasteiger partial charge < -0.3 is 13.9 Å². The Balaban J connectivity index is 1.16. The van der Waals surface area contributed by atoms with Crippen LogP contribution in [-0.2, 0) is 0 Å². The Morgan fingerprint density at radius 2 is 0.945 bits per heavy atom. The highest BCUT2D eigenvalue weighted by Crippen LogP contribution is 2.46. The highest BCUT2D eigenvalue weighted by molar-refractivity contribution is 6.11. The molecular formula is C52H34N2O. The monoisotopic (exact) mass is 702 g/mol. The molecule has 9 aromatic carbocycles. The molecule has 3 nitrogen and oxygen atoms in total. The maximum Gasteiger partial charge on any atom is 0.143 e. The average Bonchev–Trinajstić information content (AvgIpc) is 3.80. The van der Waals surface area contributed by atoms with Crippen molar-refractivity contribution in [3.8, 4) is 27.9 Å². The van der Waals surface area contributed by atoms with E-state index in [1.54, 1.807) is 0 Å². The summed E-state index contributed by atoms with van der Waals surface area (Å²) in [4.78, 5) is 2.43. The van der Waals surface area contributed by atoms with Crippen molar-refractivity contribution in [2.24, 2.45) is 0 Å². The van der Waals surface area contributed by atoms with Gasteiger partial charge in [0, 0.05) is 49.3 Å². The summed E-state index contributed by atoms with van der Waals surface area (Å²) in [6.07, 6.45) is 0. The third-order valence-electron chi connectivity index (χ3n) is 11.0. The molecule has 0 N–H and O–H groups in total. The molecular weight excluding hydrogens is 669 g/mol. The van der Waals surface area contributed by atoms with E-state index in [1.807, 2.05) is 12.1 Å². The number of hydrogen-bond donors (Lipinski definition) is 0. The third-order valence-corrected chi connectivity index (χ3v) is 11.0. The van der Waals surface area contributed by atoms with Gasteiger partial charge in [-0.1, -0.05) is 158 Å². The zero-order chi connectivity index (χ0) is 36.3. The largest absolute Gasteiger partial charge is 0.455 e. The topological polar surface area (TPSA) is 21.3 Å². The van der Waals surface area contributed by atoms with Crippen LogP contribution in [0.5, 0.6) is 0 Å². The van der Waals surface area contributed by atoms with E-state index in [1.165, 1.54) is 32.6 Å². The maximum absolute atomic E-state index is 6.54. The molecule has 0 aliphatic rings. The van der Waals surface area contributed by atoms with Crippen LogP contribution in [0.1, 0.15) is 0 Å². The molecule has 11 aromatic rings. The number of hydrogen-bond acceptors (Lipinski definition) is 2. The fourth-order valence-electron chi connectivity index (χ4n) is 8.57. The van der Waals surface area contributed by atoms with Gasteiger partial charge >= 0.3 is 0 Å². The lowest BCUT2D eigenvalue weighted by atomic mass is 9.97. The van der Waals surface area contributed by atoms with Crippen LogP contribution in [-0.4, -0.2) is 4.57 Å². The SMILES string of the molecule is c1cc(-c2cccc3c2oc2ccccc23)cc(N(c2ccccc2-c2ccccc2-n2c3ccccc3c3ccccc32)c2cccc3ccccc23)c1. The van der Waals surface area contributed by atoms with Gasteiger partial charge in [-0.25, -0.2) is 0 Å². The molecule has 0 radical (unpaired) electrons. The molecule has 0 spiro atoms. The second kappa shape index (κ2) is 12.6. The molecule has 0 saturated heterocycles. The van der Waals surface area contributed by atoms with Crippen molar-refractivity contribution in [1.29, 1.82) is 0 Å². The van der Waals surface area contributed by atoms with Gasteiger partial charge in [0.2, 0.25) is 0 Å². The van der Waals surface area contributed by atoms with E-state index in [-0.39, 0.29) is 0 Å². The summed E-state index contributed by atoms with van der Waals surface area (Å²) in [5, 5.41) is 7.11. The molecule has 2 aromatic heterocycles. The van der Waals surface area contributed by atoms with E-state index in [0.717, 1.165) is 66.9 Å². The molecule has 0 atom stereocenters. The first-order valence-electron chi connectivity index (χ1n) is 18.8. The predicted molar refractivity (Wildman–Crippen MR) is 231 cm³/mol. The summed E-state index contributed by atoms with van der Waals surface area (Å²) in [5.41, 5.74) is 13.0. The normalized spacial score (nSPS) is 11.6. The van der Waals surface area contributed by atoms with E-state index in [9.17, 15) is 0 Å². The molecule has 0 bridgehead atoms. The van der Waals surface area contributed by atoms with Crippen LogP contribution >= 0.6 is 0 Å². The Bertz CT molecular complexity index is 3180. The van der Waals surface area contributed by atoms with E-state index in [2.05, 4.69) is 204 Å². The van der Waals surface area contributed by atoms with Gasteiger partial charge in [0.15, 0.2) is 0 Å². The fourth-order valence-corrected chi connectivity index (χ4v) is 8.57. The minimum Gasteiger partial charge on any atom is -0.455 e. The molecule has 0 aliphatic carbocycles. The van der Waals surface area contributed by atoms with Crippen molar-refractivity contribution >= 4 is 71.6 Å². The molecule has 258 valence electrons. The number of nitrogens with zero attached hydrogens (tertiary/aromatic N) is 2. The van der Waals surface area contributed by atoms with Crippen LogP contribution in [0.25, 0.3) is 82.5 Å². The Morgan fingerprint density at radius 1 is 0.382 bits per heavy atom. The Kier molecular flexibility index (Phi) is 7.17. The van der Waals surface area contributed by atoms with E-state index >= 15 is 0 Å². The van der Waals surface area contributed by atoms with Gasteiger partial charge in [0.25, 0.3) is 0 Å². The van der Waals surface area contributed by atoms with Crippen molar-refractivity contribution < 1.29 is 4.42 Å². The molecule has 3 heteroatoms. The molecule has 11 rings (SSSR count). The fraction of sp³-hybridized carbons (Fsp3) is 0. The number of para-hydroxylation sites is 6. The van der Waals surface area contributed by atoms with Crippen molar-refractivity contribution in [2.75, 3.05) is 4.90 Å². The first-order chi connectivity index (χ1) is 27.3. The van der Waals surface area contributed by atoms with Crippen LogP contribution < -0.4 is 4.90 Å². The zero-order valence-electron chi connectivity index (χ0n) is 29.9. The van der Waals surface area contributed by atoms with Crippen LogP contribution in [0.15, 0.2) is 211 Å². The Morgan fingerprint density at radius 3 is 1.78 bits per heavy atom. The lowest BCUT2D eigenvalue weighted by Crippen LogP contribution is -2.12. The van der Waals surface area contributed by atoms with E-state index in [4.69, 9.17) is 4.42 Å². The molecule has 0 amide bonds. The summed E-state index contributed by atoms with van der Waals surface area (Å²) in [6.45, 7) is 0. The van der Waals surface area contributed by atoms with Crippen LogP contribution in [0.3, 0.4) is 0 Å². The highest BCUT2D eigenvalue weighted by Gasteiger charge is 2.23. The molecule has 0 fully saturated rings. The van der Waals surface area contributed by atoms with Gasteiger partial charge in [-0.15, -0.1) is 0 Å². The van der Waals surface area contributed by atoms with Crippen molar-refractivity contribution in [1.82, 2.24) is 4.57 Å². The smallest absolute Gasteiger partial charge is 0.143 e. The lowest BCUT2D eigenvalue weighted by molar-refractivity contribution is 0.670. The summed E-state index contributed by atoms with van der Waals surface area (Å²) >= 11 is 0. The Labute approximate surface area is 318 Å². The molecule has 0 saturated carbocycles. The first kappa shape index (κ1) is 31.2.